The van der Waals surface area contributed by atoms with E-state index in [2.05, 4.69) is 19.2 Å². The van der Waals surface area contributed by atoms with Crippen LogP contribution in [0.4, 0.5) is 5.69 Å². The van der Waals surface area contributed by atoms with Crippen molar-refractivity contribution in [3.05, 3.63) is 17.2 Å². The normalized spacial score (nSPS) is 12.1. The number of methoxy groups -OCH3 is 2. The van der Waals surface area contributed by atoms with Gasteiger partial charge < -0.3 is 14.8 Å². The number of benzene rings is 1. The fourth-order valence-corrected chi connectivity index (χ4v) is 2.02. The SMILES string of the molecule is CCCCC(C)Nc1cc(OC)c(OC)cc1Cl. The van der Waals surface area contributed by atoms with Crippen molar-refractivity contribution in [2.75, 3.05) is 19.5 Å². The summed E-state index contributed by atoms with van der Waals surface area (Å²) in [4.78, 5) is 0. The van der Waals surface area contributed by atoms with Gasteiger partial charge in [0.1, 0.15) is 0 Å². The number of halogens is 1. The topological polar surface area (TPSA) is 30.5 Å². The zero-order valence-electron chi connectivity index (χ0n) is 11.5. The number of ether oxygens (including phenoxy) is 2. The molecule has 0 heterocycles. The van der Waals surface area contributed by atoms with Gasteiger partial charge in [-0.25, -0.2) is 0 Å². The van der Waals surface area contributed by atoms with Crippen molar-refractivity contribution >= 4 is 17.3 Å². The molecule has 1 rings (SSSR count). The highest BCUT2D eigenvalue weighted by atomic mass is 35.5. The molecular formula is C14H22ClNO2. The minimum atomic E-state index is 0.389. The van der Waals surface area contributed by atoms with Crippen LogP contribution in [0.15, 0.2) is 12.1 Å². The van der Waals surface area contributed by atoms with Gasteiger partial charge in [-0.15, -0.1) is 0 Å². The molecule has 1 aromatic carbocycles. The summed E-state index contributed by atoms with van der Waals surface area (Å²) in [5, 5.41) is 4.05. The van der Waals surface area contributed by atoms with Crippen LogP contribution >= 0.6 is 11.6 Å². The second kappa shape index (κ2) is 7.37. The van der Waals surface area contributed by atoms with Crippen LogP contribution < -0.4 is 14.8 Å². The fourth-order valence-electron chi connectivity index (χ4n) is 1.81. The lowest BCUT2D eigenvalue weighted by molar-refractivity contribution is 0.355. The maximum Gasteiger partial charge on any atom is 0.162 e. The summed E-state index contributed by atoms with van der Waals surface area (Å²) >= 11 is 6.22. The van der Waals surface area contributed by atoms with E-state index in [4.69, 9.17) is 21.1 Å². The third-order valence-corrected chi connectivity index (χ3v) is 3.18. The maximum atomic E-state index is 6.22. The van der Waals surface area contributed by atoms with Gasteiger partial charge in [0.25, 0.3) is 0 Å². The molecule has 0 aliphatic carbocycles. The van der Waals surface area contributed by atoms with Gasteiger partial charge in [0, 0.05) is 18.2 Å². The largest absolute Gasteiger partial charge is 0.493 e. The molecule has 0 spiro atoms. The second-order valence-electron chi connectivity index (χ2n) is 4.37. The number of nitrogens with one attached hydrogen (secondary N) is 1. The van der Waals surface area contributed by atoms with E-state index in [0.717, 1.165) is 12.1 Å². The summed E-state index contributed by atoms with van der Waals surface area (Å²) in [6, 6.07) is 4.04. The lowest BCUT2D eigenvalue weighted by Crippen LogP contribution is -2.15. The summed E-state index contributed by atoms with van der Waals surface area (Å²) in [6.45, 7) is 4.35. The Morgan fingerprint density at radius 3 is 2.39 bits per heavy atom. The van der Waals surface area contributed by atoms with Crippen LogP contribution in [0, 0.1) is 0 Å². The standard InChI is InChI=1S/C14H22ClNO2/c1-5-6-7-10(2)16-12-9-14(18-4)13(17-3)8-11(12)15/h8-10,16H,5-7H2,1-4H3. The number of hydrogen-bond acceptors (Lipinski definition) is 3. The van der Waals surface area contributed by atoms with Crippen molar-refractivity contribution in [3.63, 3.8) is 0 Å². The van der Waals surface area contributed by atoms with Crippen molar-refractivity contribution in [1.29, 1.82) is 0 Å². The van der Waals surface area contributed by atoms with Crippen molar-refractivity contribution in [1.82, 2.24) is 0 Å². The number of anilines is 1. The van der Waals surface area contributed by atoms with E-state index in [9.17, 15) is 0 Å². The van der Waals surface area contributed by atoms with Gasteiger partial charge in [-0.3, -0.25) is 0 Å². The Kier molecular flexibility index (Phi) is 6.13. The minimum absolute atomic E-state index is 0.389. The summed E-state index contributed by atoms with van der Waals surface area (Å²) < 4.78 is 10.5. The van der Waals surface area contributed by atoms with Crippen molar-refractivity contribution in [2.24, 2.45) is 0 Å². The molecule has 18 heavy (non-hydrogen) atoms. The van der Waals surface area contributed by atoms with Gasteiger partial charge in [-0.05, 0) is 13.3 Å². The number of hydrogen-bond donors (Lipinski definition) is 1. The lowest BCUT2D eigenvalue weighted by atomic mass is 10.1. The Morgan fingerprint density at radius 1 is 1.22 bits per heavy atom. The van der Waals surface area contributed by atoms with Gasteiger partial charge >= 0.3 is 0 Å². The van der Waals surface area contributed by atoms with Crippen molar-refractivity contribution in [3.8, 4) is 11.5 Å². The molecule has 0 fully saturated rings. The molecule has 0 saturated heterocycles. The highest BCUT2D eigenvalue weighted by Crippen LogP contribution is 2.36. The van der Waals surface area contributed by atoms with E-state index >= 15 is 0 Å². The molecule has 0 radical (unpaired) electrons. The van der Waals surface area contributed by atoms with E-state index < -0.39 is 0 Å². The first-order chi connectivity index (χ1) is 8.62. The van der Waals surface area contributed by atoms with Crippen molar-refractivity contribution < 1.29 is 9.47 Å². The highest BCUT2D eigenvalue weighted by molar-refractivity contribution is 6.33. The number of rotatable bonds is 7. The molecule has 1 aromatic rings. The molecule has 102 valence electrons. The van der Waals surface area contributed by atoms with Crippen LogP contribution in [-0.2, 0) is 0 Å². The lowest BCUT2D eigenvalue weighted by Gasteiger charge is -2.18. The Labute approximate surface area is 114 Å². The average molecular weight is 272 g/mol. The zero-order chi connectivity index (χ0) is 13.5. The average Bonchev–Trinajstić information content (AvgIpc) is 2.38. The first-order valence-electron chi connectivity index (χ1n) is 6.30. The van der Waals surface area contributed by atoms with E-state index in [1.807, 2.05) is 6.07 Å². The number of unbranched alkanes of at least 4 members (excludes halogenated alkanes) is 1. The van der Waals surface area contributed by atoms with Crippen LogP contribution in [0.3, 0.4) is 0 Å². The summed E-state index contributed by atoms with van der Waals surface area (Å²) in [5.74, 6) is 1.33. The molecule has 0 aromatic heterocycles. The van der Waals surface area contributed by atoms with E-state index in [1.54, 1.807) is 20.3 Å². The molecular weight excluding hydrogens is 250 g/mol. The predicted octanol–water partition coefficient (Wildman–Crippen LogP) is 4.35. The second-order valence-corrected chi connectivity index (χ2v) is 4.78. The summed E-state index contributed by atoms with van der Waals surface area (Å²) in [5.41, 5.74) is 0.887. The van der Waals surface area contributed by atoms with Gasteiger partial charge in [-0.1, -0.05) is 31.4 Å². The third-order valence-electron chi connectivity index (χ3n) is 2.87. The van der Waals surface area contributed by atoms with E-state index in [-0.39, 0.29) is 0 Å². The monoisotopic (exact) mass is 271 g/mol. The van der Waals surface area contributed by atoms with Gasteiger partial charge in [-0.2, -0.15) is 0 Å². The molecule has 0 amide bonds. The van der Waals surface area contributed by atoms with Crippen LogP contribution in [0.5, 0.6) is 11.5 Å². The van der Waals surface area contributed by atoms with E-state index in [1.165, 1.54) is 12.8 Å². The molecule has 1 N–H and O–H groups in total. The molecule has 0 saturated carbocycles. The quantitative estimate of drug-likeness (QED) is 0.800. The van der Waals surface area contributed by atoms with Crippen LogP contribution in [-0.4, -0.2) is 20.3 Å². The third kappa shape index (κ3) is 3.98. The zero-order valence-corrected chi connectivity index (χ0v) is 12.3. The molecule has 0 bridgehead atoms. The van der Waals surface area contributed by atoms with Crippen LogP contribution in [0.2, 0.25) is 5.02 Å². The summed E-state index contributed by atoms with van der Waals surface area (Å²) in [7, 11) is 3.22. The Balaban J connectivity index is 2.82. The van der Waals surface area contributed by atoms with Crippen molar-refractivity contribution in [2.45, 2.75) is 39.2 Å². The predicted molar refractivity (Wildman–Crippen MR) is 77.2 cm³/mol. The first kappa shape index (κ1) is 15.0. The molecule has 0 aliphatic rings. The smallest absolute Gasteiger partial charge is 0.162 e. The van der Waals surface area contributed by atoms with E-state index in [0.29, 0.717) is 22.6 Å². The molecule has 3 nitrogen and oxygen atoms in total. The first-order valence-corrected chi connectivity index (χ1v) is 6.68. The highest BCUT2D eigenvalue weighted by Gasteiger charge is 2.11. The summed E-state index contributed by atoms with van der Waals surface area (Å²) in [6.07, 6.45) is 3.53. The van der Waals surface area contributed by atoms with Crippen LogP contribution in [0.1, 0.15) is 33.1 Å². The Hall–Kier alpha value is -1.09. The van der Waals surface area contributed by atoms with Gasteiger partial charge in [0.15, 0.2) is 11.5 Å². The molecule has 4 heteroatoms. The molecule has 1 unspecified atom stereocenters. The fraction of sp³-hybridized carbons (Fsp3) is 0.571. The minimum Gasteiger partial charge on any atom is -0.493 e. The Morgan fingerprint density at radius 2 is 1.83 bits per heavy atom. The maximum absolute atomic E-state index is 6.22. The van der Waals surface area contributed by atoms with Gasteiger partial charge in [0.05, 0.1) is 24.9 Å². The molecule has 0 aliphatic heterocycles. The molecule has 1 atom stereocenters. The van der Waals surface area contributed by atoms with Crippen LogP contribution in [0.25, 0.3) is 0 Å². The van der Waals surface area contributed by atoms with Gasteiger partial charge in [0.2, 0.25) is 0 Å². The Bertz CT molecular complexity index is 382.